The van der Waals surface area contributed by atoms with Crippen LogP contribution in [0.3, 0.4) is 0 Å². The first-order valence-electron chi connectivity index (χ1n) is 9.02. The van der Waals surface area contributed by atoms with Crippen LogP contribution >= 0.6 is 11.8 Å². The van der Waals surface area contributed by atoms with Crippen molar-refractivity contribution in [3.05, 3.63) is 60.2 Å². The molecule has 2 heterocycles. The molecule has 0 aliphatic carbocycles. The number of rotatable bonds is 7. The fraction of sp³-hybridized carbons (Fsp3) is 0.105. The summed E-state index contributed by atoms with van der Waals surface area (Å²) in [6.45, 7) is 0. The molecule has 0 unspecified atom stereocenters. The number of hydrogen-bond acceptors (Lipinski definition) is 10. The maximum Gasteiger partial charge on any atom is 0.232 e. The quantitative estimate of drug-likeness (QED) is 0.290. The summed E-state index contributed by atoms with van der Waals surface area (Å²) in [4.78, 5) is 12.5. The Morgan fingerprint density at radius 3 is 2.48 bits per heavy atom. The highest BCUT2D eigenvalue weighted by Crippen LogP contribution is 2.25. The van der Waals surface area contributed by atoms with E-state index in [0.29, 0.717) is 28.2 Å². The number of nitrogens with one attached hydrogen (secondary N) is 1. The smallest absolute Gasteiger partial charge is 0.232 e. The monoisotopic (exact) mass is 439 g/mol. The van der Waals surface area contributed by atoms with Gasteiger partial charge in [0.25, 0.3) is 0 Å². The molecule has 4 aromatic rings. The molecule has 0 fully saturated rings. The predicted molar refractivity (Wildman–Crippen MR) is 116 cm³/mol. The Balaban J connectivity index is 1.47. The van der Waals surface area contributed by atoms with Gasteiger partial charge < -0.3 is 21.6 Å². The van der Waals surface area contributed by atoms with Crippen molar-refractivity contribution in [3.8, 4) is 17.1 Å². The lowest BCUT2D eigenvalue weighted by Gasteiger charge is -2.07. The minimum Gasteiger partial charge on any atom is -0.497 e. The molecule has 0 amide bonds. The average molecular weight is 439 g/mol. The normalized spacial score (nSPS) is 10.8. The molecule has 12 heteroatoms. The second-order valence-electron chi connectivity index (χ2n) is 6.26. The molecule has 0 atom stereocenters. The molecule has 5 N–H and O–H groups in total. The second kappa shape index (κ2) is 8.83. The lowest BCUT2D eigenvalue weighted by Crippen LogP contribution is -2.12. The van der Waals surface area contributed by atoms with Crippen LogP contribution in [0, 0.1) is 5.82 Å². The van der Waals surface area contributed by atoms with E-state index < -0.39 is 0 Å². The molecular formula is C19H18FN9OS. The molecule has 0 spiro atoms. The average Bonchev–Trinajstić information content (AvgIpc) is 3.14. The van der Waals surface area contributed by atoms with E-state index in [-0.39, 0.29) is 17.7 Å². The van der Waals surface area contributed by atoms with Gasteiger partial charge in [0, 0.05) is 11.3 Å². The number of thioether (sulfide) groups is 1. The number of nitrogens with zero attached hydrogens (tertiary/aromatic N) is 6. The van der Waals surface area contributed by atoms with Gasteiger partial charge in [0.05, 0.1) is 12.9 Å². The van der Waals surface area contributed by atoms with Crippen molar-refractivity contribution in [1.82, 2.24) is 29.8 Å². The first kappa shape index (κ1) is 20.3. The van der Waals surface area contributed by atoms with Gasteiger partial charge in [0.2, 0.25) is 17.1 Å². The zero-order valence-corrected chi connectivity index (χ0v) is 17.2. The van der Waals surface area contributed by atoms with Crippen LogP contribution < -0.4 is 21.6 Å². The Bertz CT molecular complexity index is 1180. The zero-order chi connectivity index (χ0) is 21.8. The number of nitrogens with two attached hydrogens (primary N) is 2. The third-order valence-electron chi connectivity index (χ3n) is 4.14. The number of aromatic nitrogens is 6. The van der Waals surface area contributed by atoms with E-state index in [1.54, 1.807) is 19.2 Å². The number of nitrogen functional groups attached to an aromatic ring is 2. The van der Waals surface area contributed by atoms with Crippen LogP contribution in [0.15, 0.2) is 53.7 Å². The van der Waals surface area contributed by atoms with Crippen molar-refractivity contribution in [3.63, 3.8) is 0 Å². The van der Waals surface area contributed by atoms with E-state index >= 15 is 0 Å². The largest absolute Gasteiger partial charge is 0.497 e. The number of anilines is 3. The van der Waals surface area contributed by atoms with Crippen molar-refractivity contribution in [2.75, 3.05) is 24.0 Å². The molecule has 158 valence electrons. The molecule has 4 rings (SSSR count). The third-order valence-corrected chi connectivity index (χ3v) is 5.08. The molecule has 0 saturated heterocycles. The molecule has 2 aromatic heterocycles. The van der Waals surface area contributed by atoms with Crippen LogP contribution in [0.4, 0.5) is 22.0 Å². The van der Waals surface area contributed by atoms with Gasteiger partial charge in [-0.25, -0.2) is 9.07 Å². The number of halogens is 1. The number of benzene rings is 2. The molecule has 0 aliphatic heterocycles. The maximum atomic E-state index is 13.1. The summed E-state index contributed by atoms with van der Waals surface area (Å²) >= 11 is 1.30. The molecule has 0 aliphatic rings. The van der Waals surface area contributed by atoms with Crippen LogP contribution in [-0.2, 0) is 5.75 Å². The van der Waals surface area contributed by atoms with Crippen LogP contribution in [0.2, 0.25) is 0 Å². The van der Waals surface area contributed by atoms with Crippen molar-refractivity contribution < 1.29 is 9.13 Å². The summed E-state index contributed by atoms with van der Waals surface area (Å²) in [5.41, 5.74) is 7.23. The van der Waals surface area contributed by atoms with Crippen LogP contribution in [-0.4, -0.2) is 36.9 Å². The van der Waals surface area contributed by atoms with E-state index in [4.69, 9.17) is 16.3 Å². The third kappa shape index (κ3) is 4.80. The van der Waals surface area contributed by atoms with Crippen LogP contribution in [0.1, 0.15) is 5.82 Å². The Labute approximate surface area is 180 Å². The Morgan fingerprint density at radius 2 is 1.77 bits per heavy atom. The van der Waals surface area contributed by atoms with Gasteiger partial charge in [-0.05, 0) is 48.5 Å². The van der Waals surface area contributed by atoms with Crippen molar-refractivity contribution >= 4 is 29.3 Å². The van der Waals surface area contributed by atoms with Gasteiger partial charge in [-0.3, -0.25) is 0 Å². The number of ether oxygens (including phenoxy) is 1. The van der Waals surface area contributed by atoms with E-state index in [2.05, 4.69) is 30.5 Å². The van der Waals surface area contributed by atoms with Crippen molar-refractivity contribution in [2.24, 2.45) is 0 Å². The van der Waals surface area contributed by atoms with E-state index in [0.717, 1.165) is 11.3 Å². The Hall–Kier alpha value is -3.93. The van der Waals surface area contributed by atoms with Crippen LogP contribution in [0.25, 0.3) is 11.4 Å². The van der Waals surface area contributed by atoms with E-state index in [1.165, 1.54) is 28.6 Å². The van der Waals surface area contributed by atoms with Gasteiger partial charge in [0.15, 0.2) is 5.82 Å². The molecule has 2 aromatic carbocycles. The summed E-state index contributed by atoms with van der Waals surface area (Å²) in [5, 5.41) is 11.7. The second-order valence-corrected chi connectivity index (χ2v) is 7.20. The summed E-state index contributed by atoms with van der Waals surface area (Å²) in [5.74, 6) is 8.15. The molecule has 0 bridgehead atoms. The number of methoxy groups -OCH3 is 1. The summed E-state index contributed by atoms with van der Waals surface area (Å²) in [7, 11) is 1.60. The fourth-order valence-corrected chi connectivity index (χ4v) is 3.37. The zero-order valence-electron chi connectivity index (χ0n) is 16.4. The van der Waals surface area contributed by atoms with Crippen LogP contribution in [0.5, 0.6) is 5.75 Å². The standard InChI is InChI=1S/C19H18FN9OS/c1-30-14-8-2-11(3-9-14)16-27-28-19(29(16)22)31-10-15-24-17(21)26-18(25-15)23-13-6-4-12(20)5-7-13/h2-9H,10,22H2,1H3,(H3,21,23,24,25,26). The lowest BCUT2D eigenvalue weighted by molar-refractivity contribution is 0.415. The molecule has 0 radical (unpaired) electrons. The highest BCUT2D eigenvalue weighted by Gasteiger charge is 2.14. The van der Waals surface area contributed by atoms with Gasteiger partial charge >= 0.3 is 0 Å². The highest BCUT2D eigenvalue weighted by molar-refractivity contribution is 7.98. The molecule has 10 nitrogen and oxygen atoms in total. The van der Waals surface area contributed by atoms with E-state index in [1.807, 2.05) is 24.3 Å². The Kier molecular flexibility index (Phi) is 5.80. The lowest BCUT2D eigenvalue weighted by atomic mass is 10.2. The first-order chi connectivity index (χ1) is 15.0. The maximum absolute atomic E-state index is 13.1. The fourth-order valence-electron chi connectivity index (χ4n) is 2.66. The molecular weight excluding hydrogens is 421 g/mol. The van der Waals surface area contributed by atoms with Gasteiger partial charge in [-0.2, -0.15) is 15.0 Å². The van der Waals surface area contributed by atoms with Gasteiger partial charge in [-0.15, -0.1) is 10.2 Å². The minimum atomic E-state index is -0.335. The first-order valence-corrected chi connectivity index (χ1v) is 10.0. The molecule has 0 saturated carbocycles. The Morgan fingerprint density at radius 1 is 1.03 bits per heavy atom. The van der Waals surface area contributed by atoms with Crippen molar-refractivity contribution in [1.29, 1.82) is 0 Å². The van der Waals surface area contributed by atoms with Gasteiger partial charge in [-0.1, -0.05) is 11.8 Å². The predicted octanol–water partition coefficient (Wildman–Crippen LogP) is 2.61. The minimum absolute atomic E-state index is 0.0587. The van der Waals surface area contributed by atoms with Gasteiger partial charge in [0.1, 0.15) is 17.4 Å². The SMILES string of the molecule is COc1ccc(-c2nnc(SCc3nc(N)nc(Nc4ccc(F)cc4)n3)n2N)cc1. The van der Waals surface area contributed by atoms with E-state index in [9.17, 15) is 4.39 Å². The topological polar surface area (TPSA) is 143 Å². The molecule has 31 heavy (non-hydrogen) atoms. The summed E-state index contributed by atoms with van der Waals surface area (Å²) < 4.78 is 19.6. The summed E-state index contributed by atoms with van der Waals surface area (Å²) in [6, 6.07) is 13.1. The highest BCUT2D eigenvalue weighted by atomic mass is 32.2. The van der Waals surface area contributed by atoms with Crippen molar-refractivity contribution in [2.45, 2.75) is 10.9 Å². The number of hydrogen-bond donors (Lipinski definition) is 3. The summed E-state index contributed by atoms with van der Waals surface area (Å²) in [6.07, 6.45) is 0.